The molecule has 0 spiro atoms. The van der Waals surface area contributed by atoms with Gasteiger partial charge in [-0.05, 0) is 19.1 Å². The molecule has 0 saturated carbocycles. The number of amides is 1. The molecule has 2 heterocycles. The minimum atomic E-state index is -3.70. The fourth-order valence-corrected chi connectivity index (χ4v) is 4.48. The molecule has 1 N–H and O–H groups in total. The number of methoxy groups -OCH3 is 1. The highest BCUT2D eigenvalue weighted by molar-refractivity contribution is 7.89. The van der Waals surface area contributed by atoms with Gasteiger partial charge in [-0.15, -0.1) is 0 Å². The van der Waals surface area contributed by atoms with E-state index >= 15 is 0 Å². The number of nitrogens with zero attached hydrogens (tertiary/aromatic N) is 4. The van der Waals surface area contributed by atoms with E-state index < -0.39 is 15.9 Å². The summed E-state index contributed by atoms with van der Waals surface area (Å²) in [5.74, 6) is -0.0109. The largest absolute Gasteiger partial charge is 0.389 e. The fourth-order valence-electron chi connectivity index (χ4n) is 2.76. The van der Waals surface area contributed by atoms with E-state index in [0.29, 0.717) is 36.2 Å². The summed E-state index contributed by atoms with van der Waals surface area (Å²) in [6, 6.07) is 5.86. The number of hydrogen-bond acceptors (Lipinski definition) is 10. The Kier molecular flexibility index (Phi) is 8.26. The van der Waals surface area contributed by atoms with Crippen LogP contribution in [0.1, 0.15) is 17.8 Å². The molecule has 1 saturated heterocycles. The van der Waals surface area contributed by atoms with Gasteiger partial charge in [0.05, 0.1) is 24.7 Å². The zero-order valence-electron chi connectivity index (χ0n) is 18.0. The smallest absolute Gasteiger partial charge is 0.280 e. The van der Waals surface area contributed by atoms with Crippen molar-refractivity contribution in [1.29, 1.82) is 0 Å². The van der Waals surface area contributed by atoms with Gasteiger partial charge in [-0.3, -0.25) is 10.1 Å². The van der Waals surface area contributed by atoms with E-state index in [1.54, 1.807) is 6.92 Å². The third kappa shape index (κ3) is 6.07. The highest BCUT2D eigenvalue weighted by atomic mass is 32.2. The molecule has 1 fully saturated rings. The van der Waals surface area contributed by atoms with Gasteiger partial charge in [-0.25, -0.2) is 13.4 Å². The quantitative estimate of drug-likeness (QED) is 0.395. The lowest BCUT2D eigenvalue weighted by Crippen LogP contribution is -2.30. The van der Waals surface area contributed by atoms with E-state index in [1.165, 1.54) is 42.7 Å². The van der Waals surface area contributed by atoms with Crippen molar-refractivity contribution in [2.24, 2.45) is 5.16 Å². The number of aryl methyl sites for hydroxylation is 1. The standard InChI is InChI=1S/C19H25N5O6S2/c1-13-20-19(31-23-13)21-18(25)17(22-30-15-8-10-29-12-15)14-4-6-16(7-5-14)32(26,27)24(2)9-11-28-3/h4-7,15H,8-12H2,1-3H3,(H,20,21,23,25)/b22-17+/t15-/m1/s1. The van der Waals surface area contributed by atoms with Crippen molar-refractivity contribution >= 4 is 38.3 Å². The monoisotopic (exact) mass is 483 g/mol. The highest BCUT2D eigenvalue weighted by Crippen LogP contribution is 2.18. The van der Waals surface area contributed by atoms with Crippen LogP contribution in [0.3, 0.4) is 0 Å². The molecule has 1 aromatic heterocycles. The summed E-state index contributed by atoms with van der Waals surface area (Å²) in [5.41, 5.74) is 0.377. The number of likely N-dealkylation sites (N-methyl/N-ethyl adjacent to an activating group) is 1. The lowest BCUT2D eigenvalue weighted by Gasteiger charge is -2.17. The third-order valence-corrected chi connectivity index (χ3v) is 7.18. The molecule has 174 valence electrons. The lowest BCUT2D eigenvalue weighted by atomic mass is 10.1. The summed E-state index contributed by atoms with van der Waals surface area (Å²) >= 11 is 1.05. The van der Waals surface area contributed by atoms with Crippen LogP contribution in [0.5, 0.6) is 0 Å². The van der Waals surface area contributed by atoms with Crippen LogP contribution in [0.15, 0.2) is 34.3 Å². The highest BCUT2D eigenvalue weighted by Gasteiger charge is 2.24. The average Bonchev–Trinajstić information content (AvgIpc) is 3.44. The number of nitrogens with one attached hydrogen (secondary N) is 1. The molecule has 0 unspecified atom stereocenters. The van der Waals surface area contributed by atoms with E-state index in [2.05, 4.69) is 19.8 Å². The molecular weight excluding hydrogens is 458 g/mol. The molecule has 0 radical (unpaired) electrons. The van der Waals surface area contributed by atoms with Gasteiger partial charge in [0.2, 0.25) is 15.2 Å². The molecule has 13 heteroatoms. The first-order valence-electron chi connectivity index (χ1n) is 9.80. The Morgan fingerprint density at radius 2 is 2.12 bits per heavy atom. The summed E-state index contributed by atoms with van der Waals surface area (Å²) in [5, 5.41) is 7.02. The van der Waals surface area contributed by atoms with Crippen molar-refractivity contribution in [3.63, 3.8) is 0 Å². The van der Waals surface area contributed by atoms with Crippen LogP contribution in [0.4, 0.5) is 5.13 Å². The average molecular weight is 484 g/mol. The number of benzene rings is 1. The van der Waals surface area contributed by atoms with Crippen molar-refractivity contribution in [1.82, 2.24) is 13.7 Å². The maximum atomic E-state index is 12.9. The van der Waals surface area contributed by atoms with Crippen molar-refractivity contribution in [3.05, 3.63) is 35.7 Å². The van der Waals surface area contributed by atoms with Gasteiger partial charge in [0.25, 0.3) is 5.91 Å². The summed E-state index contributed by atoms with van der Waals surface area (Å²) in [4.78, 5) is 22.6. The van der Waals surface area contributed by atoms with Crippen LogP contribution in [-0.4, -0.2) is 80.3 Å². The Balaban J connectivity index is 1.83. The van der Waals surface area contributed by atoms with Crippen molar-refractivity contribution in [2.75, 3.05) is 45.8 Å². The lowest BCUT2D eigenvalue weighted by molar-refractivity contribution is -0.110. The number of rotatable bonds is 10. The topological polar surface area (TPSA) is 132 Å². The van der Waals surface area contributed by atoms with Gasteiger partial charge in [0, 0.05) is 44.2 Å². The van der Waals surface area contributed by atoms with Crippen molar-refractivity contribution in [3.8, 4) is 0 Å². The molecule has 1 aliphatic heterocycles. The molecule has 1 atom stereocenters. The van der Waals surface area contributed by atoms with E-state index in [4.69, 9.17) is 14.3 Å². The molecule has 3 rings (SSSR count). The van der Waals surface area contributed by atoms with Crippen LogP contribution >= 0.6 is 11.5 Å². The Hall–Kier alpha value is -2.45. The summed E-state index contributed by atoms with van der Waals surface area (Å²) in [6.45, 7) is 3.16. The molecule has 2 aromatic rings. The number of aromatic nitrogens is 2. The van der Waals surface area contributed by atoms with E-state index in [9.17, 15) is 13.2 Å². The fraction of sp³-hybridized carbons (Fsp3) is 0.474. The molecule has 32 heavy (non-hydrogen) atoms. The van der Waals surface area contributed by atoms with Gasteiger partial charge in [-0.2, -0.15) is 8.68 Å². The second-order valence-electron chi connectivity index (χ2n) is 6.98. The number of ether oxygens (including phenoxy) is 2. The Labute approximate surface area is 190 Å². The van der Waals surface area contributed by atoms with Crippen LogP contribution < -0.4 is 5.32 Å². The van der Waals surface area contributed by atoms with E-state index in [1.807, 2.05) is 0 Å². The zero-order valence-corrected chi connectivity index (χ0v) is 19.6. The number of anilines is 1. The second kappa shape index (κ2) is 10.9. The number of sulfonamides is 1. The minimum Gasteiger partial charge on any atom is -0.389 e. The number of carbonyl (C=O) groups excluding carboxylic acids is 1. The summed E-state index contributed by atoms with van der Waals surface area (Å²) in [7, 11) is -0.716. The minimum absolute atomic E-state index is 0.0126. The van der Waals surface area contributed by atoms with Gasteiger partial charge in [-0.1, -0.05) is 17.3 Å². The van der Waals surface area contributed by atoms with Gasteiger partial charge >= 0.3 is 0 Å². The predicted octanol–water partition coefficient (Wildman–Crippen LogP) is 1.26. The summed E-state index contributed by atoms with van der Waals surface area (Å²) in [6.07, 6.45) is 0.412. The number of hydrogen-bond donors (Lipinski definition) is 1. The van der Waals surface area contributed by atoms with Crippen LogP contribution in [0.2, 0.25) is 0 Å². The maximum Gasteiger partial charge on any atom is 0.280 e. The van der Waals surface area contributed by atoms with Gasteiger partial charge in [0.1, 0.15) is 5.82 Å². The molecule has 1 amide bonds. The molecule has 1 aliphatic rings. The third-order valence-electron chi connectivity index (χ3n) is 4.59. The first-order chi connectivity index (χ1) is 15.3. The first kappa shape index (κ1) is 24.2. The normalized spacial score (nSPS) is 17.0. The first-order valence-corrected chi connectivity index (χ1v) is 12.0. The molecule has 11 nitrogen and oxygen atoms in total. The van der Waals surface area contributed by atoms with Crippen LogP contribution in [0.25, 0.3) is 0 Å². The van der Waals surface area contributed by atoms with Crippen molar-refractivity contribution in [2.45, 2.75) is 24.3 Å². The van der Waals surface area contributed by atoms with Crippen molar-refractivity contribution < 1.29 is 27.5 Å². The molecular formula is C19H25N5O6S2. The van der Waals surface area contributed by atoms with E-state index in [0.717, 1.165) is 11.5 Å². The maximum absolute atomic E-state index is 12.9. The molecule has 1 aromatic carbocycles. The Bertz CT molecular complexity index is 1050. The molecule has 0 bridgehead atoms. The van der Waals surface area contributed by atoms with Gasteiger partial charge in [0.15, 0.2) is 11.8 Å². The Morgan fingerprint density at radius 3 is 2.72 bits per heavy atom. The zero-order chi connectivity index (χ0) is 23.1. The van der Waals surface area contributed by atoms with Crippen LogP contribution in [0, 0.1) is 6.92 Å². The summed E-state index contributed by atoms with van der Waals surface area (Å²) < 4.78 is 40.9. The van der Waals surface area contributed by atoms with Crippen LogP contribution in [-0.2, 0) is 29.1 Å². The Morgan fingerprint density at radius 1 is 1.38 bits per heavy atom. The number of carbonyl (C=O) groups is 1. The van der Waals surface area contributed by atoms with Gasteiger partial charge < -0.3 is 14.3 Å². The predicted molar refractivity (Wildman–Crippen MR) is 118 cm³/mol. The SMILES string of the molecule is COCCN(C)S(=O)(=O)c1ccc(/C(=N\O[C@@H]2CCOC2)C(=O)Nc2nc(C)ns2)cc1. The van der Waals surface area contributed by atoms with E-state index in [-0.39, 0.29) is 29.9 Å². The number of oxime groups is 1. The second-order valence-corrected chi connectivity index (χ2v) is 9.77. The molecule has 0 aliphatic carbocycles.